The Morgan fingerprint density at radius 3 is 2.76 bits per heavy atom. The third-order valence-corrected chi connectivity index (χ3v) is 3.68. The first-order valence-electron chi connectivity index (χ1n) is 6.70. The van der Waals surface area contributed by atoms with E-state index in [0.29, 0.717) is 11.1 Å². The number of carbonyl (C=O) groups is 1. The van der Waals surface area contributed by atoms with Gasteiger partial charge in [0.05, 0.1) is 0 Å². The molecule has 0 unspecified atom stereocenters. The Bertz CT molecular complexity index is 836. The summed E-state index contributed by atoms with van der Waals surface area (Å²) in [5.41, 5.74) is 4.09. The van der Waals surface area contributed by atoms with Crippen LogP contribution in [-0.2, 0) is 0 Å². The van der Waals surface area contributed by atoms with E-state index in [1.165, 1.54) is 12.1 Å². The molecule has 3 rings (SSSR count). The third-order valence-electron chi connectivity index (χ3n) is 3.68. The van der Waals surface area contributed by atoms with Crippen molar-refractivity contribution in [2.75, 3.05) is 5.32 Å². The van der Waals surface area contributed by atoms with Crippen molar-refractivity contribution >= 4 is 22.5 Å². The number of hydrogen-bond acceptors (Lipinski definition) is 1. The molecule has 1 aromatic heterocycles. The Labute approximate surface area is 121 Å². The minimum Gasteiger partial charge on any atom is -0.351 e. The Morgan fingerprint density at radius 2 is 1.95 bits per heavy atom. The van der Waals surface area contributed by atoms with Crippen LogP contribution in [0.3, 0.4) is 0 Å². The number of anilines is 1. The van der Waals surface area contributed by atoms with Crippen LogP contribution in [0.4, 0.5) is 10.1 Å². The first kappa shape index (κ1) is 13.4. The molecule has 106 valence electrons. The highest BCUT2D eigenvalue weighted by Crippen LogP contribution is 2.21. The summed E-state index contributed by atoms with van der Waals surface area (Å²) in [6.45, 7) is 3.96. The van der Waals surface area contributed by atoms with Gasteiger partial charge in [0, 0.05) is 16.6 Å². The quantitative estimate of drug-likeness (QED) is 0.727. The van der Waals surface area contributed by atoms with Crippen molar-refractivity contribution in [2.45, 2.75) is 13.8 Å². The van der Waals surface area contributed by atoms with E-state index in [1.807, 2.05) is 32.0 Å². The molecule has 21 heavy (non-hydrogen) atoms. The lowest BCUT2D eigenvalue weighted by atomic mass is 10.1. The number of halogens is 1. The predicted octanol–water partition coefficient (Wildman–Crippen LogP) is 4.18. The van der Waals surface area contributed by atoms with Crippen LogP contribution in [0.15, 0.2) is 42.5 Å². The largest absolute Gasteiger partial charge is 0.351 e. The zero-order valence-corrected chi connectivity index (χ0v) is 11.8. The van der Waals surface area contributed by atoms with Crippen molar-refractivity contribution in [1.29, 1.82) is 0 Å². The smallest absolute Gasteiger partial charge is 0.272 e. The number of benzene rings is 2. The summed E-state index contributed by atoms with van der Waals surface area (Å²) in [4.78, 5) is 15.3. The molecule has 0 saturated carbocycles. The molecule has 0 aliphatic rings. The fourth-order valence-electron chi connectivity index (χ4n) is 2.30. The zero-order valence-electron chi connectivity index (χ0n) is 11.8. The van der Waals surface area contributed by atoms with Gasteiger partial charge < -0.3 is 10.3 Å². The third kappa shape index (κ3) is 2.52. The highest BCUT2D eigenvalue weighted by molar-refractivity contribution is 6.06. The van der Waals surface area contributed by atoms with Crippen LogP contribution < -0.4 is 5.32 Å². The molecule has 1 amide bonds. The summed E-state index contributed by atoms with van der Waals surface area (Å²) < 4.78 is 13.2. The summed E-state index contributed by atoms with van der Waals surface area (Å²) in [7, 11) is 0. The lowest BCUT2D eigenvalue weighted by Crippen LogP contribution is -2.13. The van der Waals surface area contributed by atoms with Crippen LogP contribution in [0.1, 0.15) is 21.6 Å². The van der Waals surface area contributed by atoms with Crippen molar-refractivity contribution < 1.29 is 9.18 Å². The minimum absolute atomic E-state index is 0.236. The Balaban J connectivity index is 1.91. The molecule has 2 N–H and O–H groups in total. The molecule has 0 aliphatic heterocycles. The van der Waals surface area contributed by atoms with E-state index in [2.05, 4.69) is 10.3 Å². The topological polar surface area (TPSA) is 44.9 Å². The zero-order chi connectivity index (χ0) is 15.0. The number of amides is 1. The van der Waals surface area contributed by atoms with E-state index in [1.54, 1.807) is 12.1 Å². The van der Waals surface area contributed by atoms with Crippen molar-refractivity contribution in [1.82, 2.24) is 4.98 Å². The van der Waals surface area contributed by atoms with Gasteiger partial charge in [0.15, 0.2) is 0 Å². The number of nitrogens with one attached hydrogen (secondary N) is 2. The van der Waals surface area contributed by atoms with E-state index in [4.69, 9.17) is 0 Å². The first-order valence-corrected chi connectivity index (χ1v) is 6.70. The Morgan fingerprint density at radius 1 is 1.14 bits per heavy atom. The molecular formula is C17H15FN2O. The first-order chi connectivity index (χ1) is 10.0. The van der Waals surface area contributed by atoms with Gasteiger partial charge in [-0.15, -0.1) is 0 Å². The highest BCUT2D eigenvalue weighted by Gasteiger charge is 2.11. The molecule has 0 fully saturated rings. The number of aryl methyl sites for hydroxylation is 1. The summed E-state index contributed by atoms with van der Waals surface area (Å²) in [5.74, 6) is -0.553. The van der Waals surface area contributed by atoms with Crippen molar-refractivity contribution in [3.63, 3.8) is 0 Å². The van der Waals surface area contributed by atoms with Gasteiger partial charge in [-0.25, -0.2) is 4.39 Å². The summed E-state index contributed by atoms with van der Waals surface area (Å²) >= 11 is 0. The summed E-state index contributed by atoms with van der Waals surface area (Å²) in [6, 6.07) is 11.8. The maximum absolute atomic E-state index is 13.2. The second-order valence-electron chi connectivity index (χ2n) is 5.12. The molecule has 1 heterocycles. The monoisotopic (exact) mass is 282 g/mol. The van der Waals surface area contributed by atoms with E-state index in [-0.39, 0.29) is 11.7 Å². The summed E-state index contributed by atoms with van der Waals surface area (Å²) in [6.07, 6.45) is 0. The number of aromatic nitrogens is 1. The van der Waals surface area contributed by atoms with Gasteiger partial charge in [-0.2, -0.15) is 0 Å². The normalized spacial score (nSPS) is 10.8. The van der Waals surface area contributed by atoms with E-state index >= 15 is 0 Å². The molecule has 0 saturated heterocycles. The Hall–Kier alpha value is -2.62. The molecule has 0 spiro atoms. The number of carbonyl (C=O) groups excluding carboxylic acids is 1. The highest BCUT2D eigenvalue weighted by atomic mass is 19.1. The lowest BCUT2D eigenvalue weighted by Gasteiger charge is -2.09. The lowest BCUT2D eigenvalue weighted by molar-refractivity contribution is 0.102. The standard InChI is InChI=1S/C17H15FN2O/c1-10-4-3-5-14(11(10)2)20-17(21)16-9-12-8-13(18)6-7-15(12)19-16/h3-9,19H,1-2H3,(H,20,21). The number of H-pyrrole nitrogens is 1. The molecule has 0 atom stereocenters. The second-order valence-corrected chi connectivity index (χ2v) is 5.12. The van der Waals surface area contributed by atoms with Gasteiger partial charge >= 0.3 is 0 Å². The molecule has 0 aliphatic carbocycles. The van der Waals surface area contributed by atoms with Crippen LogP contribution in [0.5, 0.6) is 0 Å². The average molecular weight is 282 g/mol. The van der Waals surface area contributed by atoms with Crippen LogP contribution in [0.2, 0.25) is 0 Å². The van der Waals surface area contributed by atoms with Crippen molar-refractivity contribution in [3.05, 3.63) is 65.1 Å². The van der Waals surface area contributed by atoms with Crippen molar-refractivity contribution in [3.8, 4) is 0 Å². The van der Waals surface area contributed by atoms with Gasteiger partial charge in [-0.3, -0.25) is 4.79 Å². The fraction of sp³-hybridized carbons (Fsp3) is 0.118. The predicted molar refractivity (Wildman–Crippen MR) is 82.1 cm³/mol. The number of aromatic amines is 1. The molecule has 3 aromatic rings. The van der Waals surface area contributed by atoms with Crippen LogP contribution in [0.25, 0.3) is 10.9 Å². The van der Waals surface area contributed by atoms with E-state index in [9.17, 15) is 9.18 Å². The molecule has 3 nitrogen and oxygen atoms in total. The summed E-state index contributed by atoms with van der Waals surface area (Å²) in [5, 5.41) is 3.56. The van der Waals surface area contributed by atoms with E-state index < -0.39 is 0 Å². The van der Waals surface area contributed by atoms with Crippen LogP contribution in [-0.4, -0.2) is 10.9 Å². The minimum atomic E-state index is -0.317. The number of hydrogen-bond donors (Lipinski definition) is 2. The SMILES string of the molecule is Cc1cccc(NC(=O)c2cc3cc(F)ccc3[nH]2)c1C. The second kappa shape index (κ2) is 5.05. The van der Waals surface area contributed by atoms with Crippen LogP contribution >= 0.6 is 0 Å². The van der Waals surface area contributed by atoms with Crippen molar-refractivity contribution in [2.24, 2.45) is 0 Å². The fourth-order valence-corrected chi connectivity index (χ4v) is 2.30. The Kier molecular flexibility index (Phi) is 3.22. The number of fused-ring (bicyclic) bond motifs is 1. The maximum atomic E-state index is 13.2. The molecular weight excluding hydrogens is 267 g/mol. The number of rotatable bonds is 2. The maximum Gasteiger partial charge on any atom is 0.272 e. The molecule has 0 radical (unpaired) electrons. The van der Waals surface area contributed by atoms with Gasteiger partial charge in [0.2, 0.25) is 0 Å². The van der Waals surface area contributed by atoms with Crippen LogP contribution in [0, 0.1) is 19.7 Å². The van der Waals surface area contributed by atoms with Gasteiger partial charge in [-0.05, 0) is 55.3 Å². The van der Waals surface area contributed by atoms with Gasteiger partial charge in [0.25, 0.3) is 5.91 Å². The van der Waals surface area contributed by atoms with Gasteiger partial charge in [0.1, 0.15) is 11.5 Å². The average Bonchev–Trinajstić information content (AvgIpc) is 2.87. The molecule has 2 aromatic carbocycles. The van der Waals surface area contributed by atoms with E-state index in [0.717, 1.165) is 22.3 Å². The molecule has 4 heteroatoms. The molecule has 0 bridgehead atoms. The van der Waals surface area contributed by atoms with Gasteiger partial charge in [-0.1, -0.05) is 12.1 Å².